The largest absolute Gasteiger partial charge is 0.339 e. The fraction of sp³-hybridized carbons (Fsp3) is 0.391. The minimum absolute atomic E-state index is 0.218. The van der Waals surface area contributed by atoms with Crippen LogP contribution < -0.4 is 5.32 Å². The molecule has 4 rings (SSSR count). The van der Waals surface area contributed by atoms with Gasteiger partial charge in [-0.15, -0.1) is 0 Å². The Bertz CT molecular complexity index is 861. The molecule has 2 atom stereocenters. The lowest BCUT2D eigenvalue weighted by molar-refractivity contribution is -0.131. The van der Waals surface area contributed by atoms with Gasteiger partial charge in [0.05, 0.1) is 18.2 Å². The maximum Gasteiger partial charge on any atom is 0.236 e. The highest BCUT2D eigenvalue weighted by atomic mass is 16.2. The van der Waals surface area contributed by atoms with Gasteiger partial charge in [-0.2, -0.15) is 5.26 Å². The van der Waals surface area contributed by atoms with Crippen molar-refractivity contribution in [3.05, 3.63) is 59.7 Å². The normalized spacial score (nSPS) is 21.9. The van der Waals surface area contributed by atoms with Gasteiger partial charge in [0.25, 0.3) is 0 Å². The Morgan fingerprint density at radius 3 is 2.25 bits per heavy atom. The van der Waals surface area contributed by atoms with Crippen LogP contribution in [-0.2, 0) is 4.79 Å². The lowest BCUT2D eigenvalue weighted by atomic mass is 10.0. The first kappa shape index (κ1) is 18.7. The van der Waals surface area contributed by atoms with Crippen LogP contribution in [0.3, 0.4) is 0 Å². The van der Waals surface area contributed by atoms with Crippen molar-refractivity contribution < 1.29 is 4.79 Å². The fourth-order valence-corrected chi connectivity index (χ4v) is 3.84. The number of carbonyl (C=O) groups is 1. The van der Waals surface area contributed by atoms with Crippen molar-refractivity contribution in [3.8, 4) is 17.2 Å². The van der Waals surface area contributed by atoms with Crippen LogP contribution >= 0.6 is 0 Å². The van der Waals surface area contributed by atoms with E-state index in [9.17, 15) is 4.79 Å². The monoisotopic (exact) mass is 374 g/mol. The molecule has 0 bridgehead atoms. The number of likely N-dealkylation sites (N-methyl/N-ethyl adjacent to an activating group) is 1. The van der Waals surface area contributed by atoms with E-state index < -0.39 is 0 Å². The van der Waals surface area contributed by atoms with Crippen LogP contribution in [-0.4, -0.2) is 61.5 Å². The van der Waals surface area contributed by atoms with E-state index in [1.54, 1.807) is 0 Å². The van der Waals surface area contributed by atoms with Crippen molar-refractivity contribution in [3.63, 3.8) is 0 Å². The summed E-state index contributed by atoms with van der Waals surface area (Å²) in [5, 5.41) is 12.3. The molecule has 0 spiro atoms. The number of nitrogens with one attached hydrogen (secondary N) is 1. The number of piperazine rings is 1. The number of amides is 1. The van der Waals surface area contributed by atoms with Gasteiger partial charge in [-0.3, -0.25) is 4.79 Å². The van der Waals surface area contributed by atoms with Crippen molar-refractivity contribution in [1.82, 2.24) is 15.1 Å². The summed E-state index contributed by atoms with van der Waals surface area (Å²) >= 11 is 0. The van der Waals surface area contributed by atoms with Gasteiger partial charge >= 0.3 is 0 Å². The second-order valence-electron chi connectivity index (χ2n) is 7.82. The number of rotatable bonds is 5. The summed E-state index contributed by atoms with van der Waals surface area (Å²) in [5.74, 6) is 0.713. The number of carbonyl (C=O) groups excluding carboxylic acids is 1. The summed E-state index contributed by atoms with van der Waals surface area (Å²) in [7, 11) is 2.10. The molecule has 1 aliphatic heterocycles. The molecular weight excluding hydrogens is 348 g/mol. The molecule has 2 fully saturated rings. The molecular formula is C23H26N4O. The molecule has 2 aromatic rings. The predicted molar refractivity (Wildman–Crippen MR) is 110 cm³/mol. The molecule has 2 unspecified atom stereocenters. The average molecular weight is 374 g/mol. The SMILES string of the molecule is CN1CCN(C(=O)CNC2CC2c2ccc(-c3ccc(C#N)cc3)cc2)CC1. The molecule has 2 aromatic carbocycles. The molecule has 1 N–H and O–H groups in total. The summed E-state index contributed by atoms with van der Waals surface area (Å²) in [6.45, 7) is 4.03. The Labute approximate surface area is 166 Å². The van der Waals surface area contributed by atoms with Gasteiger partial charge < -0.3 is 15.1 Å². The van der Waals surface area contributed by atoms with E-state index in [1.165, 1.54) is 5.56 Å². The highest BCUT2D eigenvalue weighted by Crippen LogP contribution is 2.41. The van der Waals surface area contributed by atoms with Crippen molar-refractivity contribution in [2.75, 3.05) is 39.8 Å². The Morgan fingerprint density at radius 2 is 1.64 bits per heavy atom. The van der Waals surface area contributed by atoms with E-state index in [4.69, 9.17) is 5.26 Å². The van der Waals surface area contributed by atoms with E-state index in [2.05, 4.69) is 47.6 Å². The number of nitriles is 1. The summed E-state index contributed by atoms with van der Waals surface area (Å²) in [5.41, 5.74) is 4.28. The molecule has 1 saturated carbocycles. The predicted octanol–water partition coefficient (Wildman–Crippen LogP) is 2.44. The summed E-state index contributed by atoms with van der Waals surface area (Å²) in [4.78, 5) is 16.6. The summed E-state index contributed by atoms with van der Waals surface area (Å²) in [6, 6.07) is 18.9. The minimum atomic E-state index is 0.218. The van der Waals surface area contributed by atoms with Gasteiger partial charge in [0.15, 0.2) is 0 Å². The standard InChI is InChI=1S/C23H26N4O/c1-26-10-12-27(13-11-26)23(28)16-25-22-14-21(22)20-8-6-19(7-9-20)18-4-2-17(15-24)3-5-18/h2-9,21-22,25H,10-14,16H2,1H3. The lowest BCUT2D eigenvalue weighted by Crippen LogP contribution is -2.49. The highest BCUT2D eigenvalue weighted by Gasteiger charge is 2.38. The van der Waals surface area contributed by atoms with Crippen LogP contribution in [0.1, 0.15) is 23.5 Å². The molecule has 2 aliphatic rings. The third kappa shape index (κ3) is 4.24. The molecule has 5 nitrogen and oxygen atoms in total. The van der Waals surface area contributed by atoms with Crippen molar-refractivity contribution in [1.29, 1.82) is 5.26 Å². The van der Waals surface area contributed by atoms with Crippen molar-refractivity contribution in [2.24, 2.45) is 0 Å². The molecule has 1 amide bonds. The molecule has 28 heavy (non-hydrogen) atoms. The number of hydrogen-bond acceptors (Lipinski definition) is 4. The topological polar surface area (TPSA) is 59.4 Å². The van der Waals surface area contributed by atoms with Gasteiger partial charge in [-0.25, -0.2) is 0 Å². The van der Waals surface area contributed by atoms with Gasteiger partial charge in [0, 0.05) is 38.1 Å². The quantitative estimate of drug-likeness (QED) is 0.873. The molecule has 0 radical (unpaired) electrons. The maximum absolute atomic E-state index is 12.4. The first-order chi connectivity index (χ1) is 13.6. The van der Waals surface area contributed by atoms with E-state index in [0.29, 0.717) is 24.1 Å². The first-order valence-corrected chi connectivity index (χ1v) is 9.94. The Balaban J connectivity index is 1.28. The van der Waals surface area contributed by atoms with Gasteiger partial charge in [0.2, 0.25) is 5.91 Å². The molecule has 1 heterocycles. The zero-order valence-electron chi connectivity index (χ0n) is 16.3. The average Bonchev–Trinajstić information content (AvgIpc) is 3.52. The van der Waals surface area contributed by atoms with Crippen LogP contribution in [0.5, 0.6) is 0 Å². The molecule has 144 valence electrons. The molecule has 0 aromatic heterocycles. The third-order valence-corrected chi connectivity index (χ3v) is 5.85. The molecule has 1 saturated heterocycles. The summed E-state index contributed by atoms with van der Waals surface area (Å²) < 4.78 is 0. The zero-order chi connectivity index (χ0) is 19.5. The van der Waals surface area contributed by atoms with Crippen LogP contribution in [0.2, 0.25) is 0 Å². The molecule has 5 heteroatoms. The molecule has 1 aliphatic carbocycles. The van der Waals surface area contributed by atoms with Crippen LogP contribution in [0, 0.1) is 11.3 Å². The fourth-order valence-electron chi connectivity index (χ4n) is 3.84. The second-order valence-corrected chi connectivity index (χ2v) is 7.82. The van der Waals surface area contributed by atoms with Gasteiger partial charge in [-0.05, 0) is 42.3 Å². The first-order valence-electron chi connectivity index (χ1n) is 9.94. The van der Waals surface area contributed by atoms with Crippen LogP contribution in [0.4, 0.5) is 0 Å². The minimum Gasteiger partial charge on any atom is -0.339 e. The second kappa shape index (κ2) is 8.14. The highest BCUT2D eigenvalue weighted by molar-refractivity contribution is 5.78. The van der Waals surface area contributed by atoms with E-state index in [-0.39, 0.29) is 5.91 Å². The zero-order valence-corrected chi connectivity index (χ0v) is 16.3. The van der Waals surface area contributed by atoms with Crippen LogP contribution in [0.25, 0.3) is 11.1 Å². The van der Waals surface area contributed by atoms with E-state index in [0.717, 1.165) is 43.7 Å². The third-order valence-electron chi connectivity index (χ3n) is 5.85. The Hall–Kier alpha value is -2.68. The van der Waals surface area contributed by atoms with Gasteiger partial charge in [-0.1, -0.05) is 36.4 Å². The Kier molecular flexibility index (Phi) is 5.43. The number of nitrogens with zero attached hydrogens (tertiary/aromatic N) is 3. The van der Waals surface area contributed by atoms with Crippen LogP contribution in [0.15, 0.2) is 48.5 Å². The summed E-state index contributed by atoms with van der Waals surface area (Å²) in [6.07, 6.45) is 1.09. The smallest absolute Gasteiger partial charge is 0.236 e. The van der Waals surface area contributed by atoms with Crippen molar-refractivity contribution in [2.45, 2.75) is 18.4 Å². The Morgan fingerprint density at radius 1 is 1.04 bits per heavy atom. The van der Waals surface area contributed by atoms with E-state index in [1.807, 2.05) is 29.2 Å². The van der Waals surface area contributed by atoms with Crippen molar-refractivity contribution >= 4 is 5.91 Å². The lowest BCUT2D eigenvalue weighted by Gasteiger charge is -2.32. The van der Waals surface area contributed by atoms with E-state index >= 15 is 0 Å². The number of benzene rings is 2. The maximum atomic E-state index is 12.4. The number of hydrogen-bond donors (Lipinski definition) is 1. The van der Waals surface area contributed by atoms with Gasteiger partial charge in [0.1, 0.15) is 0 Å².